The predicted molar refractivity (Wildman–Crippen MR) is 119 cm³/mol. The quantitative estimate of drug-likeness (QED) is 0.374. The second-order valence-corrected chi connectivity index (χ2v) is 8.21. The van der Waals surface area contributed by atoms with Crippen LogP contribution in [0, 0.1) is 6.92 Å². The Labute approximate surface area is 180 Å². The van der Waals surface area contributed by atoms with Crippen molar-refractivity contribution in [2.45, 2.75) is 6.92 Å². The largest absolute Gasteiger partial charge is 0.457 e. The van der Waals surface area contributed by atoms with Gasteiger partial charge in [-0.2, -0.15) is 0 Å². The van der Waals surface area contributed by atoms with E-state index in [1.54, 1.807) is 6.07 Å². The van der Waals surface area contributed by atoms with Crippen LogP contribution in [-0.4, -0.2) is 16.1 Å². The first-order valence-electron chi connectivity index (χ1n) is 8.82. The minimum Gasteiger partial charge on any atom is -0.457 e. The van der Waals surface area contributed by atoms with E-state index in [-0.39, 0.29) is 5.91 Å². The summed E-state index contributed by atoms with van der Waals surface area (Å²) in [7, 11) is 0. The summed E-state index contributed by atoms with van der Waals surface area (Å²) in [5, 5.41) is 12.2. The van der Waals surface area contributed by atoms with Crippen LogP contribution in [0.15, 0.2) is 77.3 Å². The molecule has 0 aliphatic heterocycles. The van der Waals surface area contributed by atoms with Gasteiger partial charge in [-0.15, -0.1) is 10.2 Å². The average Bonchev–Trinajstić information content (AvgIpc) is 3.19. The van der Waals surface area contributed by atoms with Crippen molar-refractivity contribution in [1.82, 2.24) is 10.2 Å². The Morgan fingerprint density at radius 3 is 2.34 bits per heavy atom. The van der Waals surface area contributed by atoms with Gasteiger partial charge in [-0.3, -0.25) is 10.1 Å². The van der Waals surface area contributed by atoms with E-state index in [1.807, 2.05) is 73.7 Å². The summed E-state index contributed by atoms with van der Waals surface area (Å²) < 4.78 is 6.83. The molecular weight excluding hydrogens is 450 g/mol. The number of rotatable bonds is 5. The highest BCUT2D eigenvalue weighted by Crippen LogP contribution is 2.30. The first kappa shape index (κ1) is 19.3. The highest BCUT2D eigenvalue weighted by Gasteiger charge is 2.11. The number of benzene rings is 3. The topological polar surface area (TPSA) is 64.1 Å². The van der Waals surface area contributed by atoms with Crippen LogP contribution in [0.3, 0.4) is 0 Å². The summed E-state index contributed by atoms with van der Waals surface area (Å²) in [6.45, 7) is 1.95. The number of nitrogens with zero attached hydrogens (tertiary/aromatic N) is 2. The molecule has 7 heteroatoms. The molecular formula is C22H16BrN3O2S. The van der Waals surface area contributed by atoms with Gasteiger partial charge in [-0.25, -0.2) is 0 Å². The molecule has 0 saturated carbocycles. The van der Waals surface area contributed by atoms with E-state index in [0.29, 0.717) is 10.7 Å². The number of hydrogen-bond acceptors (Lipinski definition) is 5. The first-order valence-corrected chi connectivity index (χ1v) is 10.4. The van der Waals surface area contributed by atoms with E-state index in [9.17, 15) is 4.79 Å². The Balaban J connectivity index is 1.43. The maximum absolute atomic E-state index is 12.4. The van der Waals surface area contributed by atoms with Crippen molar-refractivity contribution < 1.29 is 9.53 Å². The second kappa shape index (κ2) is 8.55. The van der Waals surface area contributed by atoms with Crippen molar-refractivity contribution in [3.8, 4) is 22.1 Å². The molecule has 0 fully saturated rings. The van der Waals surface area contributed by atoms with Crippen molar-refractivity contribution in [2.24, 2.45) is 0 Å². The van der Waals surface area contributed by atoms with Gasteiger partial charge in [0.1, 0.15) is 16.5 Å². The molecule has 1 aromatic heterocycles. The Bertz CT molecular complexity index is 1140. The smallest absolute Gasteiger partial charge is 0.257 e. The van der Waals surface area contributed by atoms with E-state index in [0.717, 1.165) is 32.1 Å². The van der Waals surface area contributed by atoms with Crippen molar-refractivity contribution in [2.75, 3.05) is 5.32 Å². The number of halogens is 1. The minimum atomic E-state index is -0.199. The summed E-state index contributed by atoms with van der Waals surface area (Å²) in [6, 6.07) is 22.6. The van der Waals surface area contributed by atoms with Gasteiger partial charge in [0, 0.05) is 15.6 Å². The fourth-order valence-corrected chi connectivity index (χ4v) is 3.66. The molecule has 1 N–H and O–H groups in total. The third-order valence-corrected chi connectivity index (χ3v) is 5.49. The lowest BCUT2D eigenvalue weighted by molar-refractivity contribution is 0.102. The predicted octanol–water partition coefficient (Wildman–Crippen LogP) is 6.32. The number of anilines is 1. The summed E-state index contributed by atoms with van der Waals surface area (Å²) in [5.74, 6) is 1.29. The van der Waals surface area contributed by atoms with Gasteiger partial charge >= 0.3 is 0 Å². The van der Waals surface area contributed by atoms with Crippen LogP contribution in [0.2, 0.25) is 0 Å². The molecule has 3 aromatic carbocycles. The zero-order chi connectivity index (χ0) is 20.2. The van der Waals surface area contributed by atoms with Gasteiger partial charge in [-0.05, 0) is 67.6 Å². The SMILES string of the molecule is Cc1cccc(C(=O)Nc2nnc(-c3ccc(Oc4ccc(Br)cc4)cc3)s2)c1. The molecule has 1 heterocycles. The molecule has 0 aliphatic carbocycles. The van der Waals surface area contributed by atoms with Crippen molar-refractivity contribution in [3.05, 3.63) is 88.4 Å². The summed E-state index contributed by atoms with van der Waals surface area (Å²) in [5.41, 5.74) is 2.53. The molecule has 4 aromatic rings. The van der Waals surface area contributed by atoms with Crippen LogP contribution in [0.4, 0.5) is 5.13 Å². The maximum Gasteiger partial charge on any atom is 0.257 e. The maximum atomic E-state index is 12.4. The van der Waals surface area contributed by atoms with Crippen LogP contribution < -0.4 is 10.1 Å². The molecule has 144 valence electrons. The van der Waals surface area contributed by atoms with E-state index >= 15 is 0 Å². The molecule has 0 aliphatic rings. The fourth-order valence-electron chi connectivity index (χ4n) is 2.65. The number of hydrogen-bond donors (Lipinski definition) is 1. The summed E-state index contributed by atoms with van der Waals surface area (Å²) in [4.78, 5) is 12.4. The van der Waals surface area contributed by atoms with Gasteiger partial charge in [0.05, 0.1) is 0 Å². The number of carbonyl (C=O) groups is 1. The zero-order valence-corrected chi connectivity index (χ0v) is 17.8. The molecule has 4 rings (SSSR count). The van der Waals surface area contributed by atoms with E-state index < -0.39 is 0 Å². The first-order chi connectivity index (χ1) is 14.1. The van der Waals surface area contributed by atoms with Gasteiger partial charge in [-0.1, -0.05) is 45.0 Å². The van der Waals surface area contributed by atoms with Gasteiger partial charge < -0.3 is 4.74 Å². The number of carbonyl (C=O) groups excluding carboxylic acids is 1. The lowest BCUT2D eigenvalue weighted by Gasteiger charge is -2.06. The van der Waals surface area contributed by atoms with E-state index in [2.05, 4.69) is 31.4 Å². The standard InChI is InChI=1S/C22H16BrN3O2S/c1-14-3-2-4-16(13-14)20(27)24-22-26-25-21(29-22)15-5-9-18(10-6-15)28-19-11-7-17(23)8-12-19/h2-13H,1H3,(H,24,26,27). The average molecular weight is 466 g/mol. The molecule has 1 amide bonds. The van der Waals surface area contributed by atoms with Crippen molar-refractivity contribution >= 4 is 38.3 Å². The van der Waals surface area contributed by atoms with Gasteiger partial charge in [0.2, 0.25) is 5.13 Å². The second-order valence-electron chi connectivity index (χ2n) is 6.32. The third-order valence-electron chi connectivity index (χ3n) is 4.08. The molecule has 5 nitrogen and oxygen atoms in total. The Morgan fingerprint density at radius 2 is 1.66 bits per heavy atom. The van der Waals surface area contributed by atoms with Crippen molar-refractivity contribution in [1.29, 1.82) is 0 Å². The molecule has 0 unspecified atom stereocenters. The van der Waals surface area contributed by atoms with E-state index in [1.165, 1.54) is 11.3 Å². The molecule has 0 spiro atoms. The number of amides is 1. The Morgan fingerprint density at radius 1 is 0.966 bits per heavy atom. The lowest BCUT2D eigenvalue weighted by Crippen LogP contribution is -2.11. The van der Waals surface area contributed by atoms with Crippen LogP contribution in [0.1, 0.15) is 15.9 Å². The highest BCUT2D eigenvalue weighted by molar-refractivity contribution is 9.10. The van der Waals surface area contributed by atoms with Crippen LogP contribution in [0.25, 0.3) is 10.6 Å². The highest BCUT2D eigenvalue weighted by atomic mass is 79.9. The molecule has 0 saturated heterocycles. The number of aryl methyl sites for hydroxylation is 1. The van der Waals surface area contributed by atoms with Crippen molar-refractivity contribution in [3.63, 3.8) is 0 Å². The third kappa shape index (κ3) is 4.88. The van der Waals surface area contributed by atoms with Gasteiger partial charge in [0.25, 0.3) is 5.91 Å². The number of ether oxygens (including phenoxy) is 1. The fraction of sp³-hybridized carbons (Fsp3) is 0.0455. The Hall–Kier alpha value is -3.03. The molecule has 29 heavy (non-hydrogen) atoms. The zero-order valence-electron chi connectivity index (χ0n) is 15.4. The molecule has 0 bridgehead atoms. The lowest BCUT2D eigenvalue weighted by atomic mass is 10.1. The number of aromatic nitrogens is 2. The van der Waals surface area contributed by atoms with E-state index in [4.69, 9.17) is 4.74 Å². The summed E-state index contributed by atoms with van der Waals surface area (Å²) in [6.07, 6.45) is 0. The number of nitrogens with one attached hydrogen (secondary N) is 1. The monoisotopic (exact) mass is 465 g/mol. The van der Waals surface area contributed by atoms with Gasteiger partial charge in [0.15, 0.2) is 0 Å². The normalized spacial score (nSPS) is 10.6. The molecule has 0 atom stereocenters. The Kier molecular flexibility index (Phi) is 5.69. The van der Waals surface area contributed by atoms with Crippen LogP contribution >= 0.6 is 27.3 Å². The summed E-state index contributed by atoms with van der Waals surface area (Å²) >= 11 is 4.73. The van der Waals surface area contributed by atoms with Crippen LogP contribution in [0.5, 0.6) is 11.5 Å². The van der Waals surface area contributed by atoms with Crippen LogP contribution in [-0.2, 0) is 0 Å². The molecule has 0 radical (unpaired) electrons. The minimum absolute atomic E-state index is 0.199.